The third-order valence-electron chi connectivity index (χ3n) is 3.12. The van der Waals surface area contributed by atoms with Crippen LogP contribution in [-0.4, -0.2) is 16.1 Å². The first-order chi connectivity index (χ1) is 10.2. The predicted molar refractivity (Wildman–Crippen MR) is 84.4 cm³/mol. The molecule has 2 aromatic carbocycles. The SMILES string of the molecule is O=Cc1cnn(-c2ccccc2-c2ccc(Cl)c(Cl)c2)c1. The second-order valence-corrected chi connectivity index (χ2v) is 5.30. The lowest BCUT2D eigenvalue weighted by molar-refractivity contribution is 0.112. The fourth-order valence-corrected chi connectivity index (χ4v) is 2.41. The first kappa shape index (κ1) is 13.9. The molecule has 3 aromatic rings. The molecule has 0 aliphatic carbocycles. The van der Waals surface area contributed by atoms with Gasteiger partial charge in [0, 0.05) is 11.8 Å². The van der Waals surface area contributed by atoms with Crippen LogP contribution in [0.5, 0.6) is 0 Å². The van der Waals surface area contributed by atoms with Crippen LogP contribution in [0.4, 0.5) is 0 Å². The zero-order valence-electron chi connectivity index (χ0n) is 10.8. The molecule has 0 spiro atoms. The second-order valence-electron chi connectivity index (χ2n) is 4.48. The average molecular weight is 317 g/mol. The molecule has 0 saturated heterocycles. The lowest BCUT2D eigenvalue weighted by Crippen LogP contribution is -1.97. The number of para-hydroxylation sites is 1. The number of carbonyl (C=O) groups excluding carboxylic acids is 1. The molecule has 0 atom stereocenters. The Balaban J connectivity index is 2.15. The minimum Gasteiger partial charge on any atom is -0.298 e. The van der Waals surface area contributed by atoms with E-state index in [1.165, 1.54) is 6.20 Å². The molecule has 0 bridgehead atoms. The highest BCUT2D eigenvalue weighted by molar-refractivity contribution is 6.42. The number of hydrogen-bond acceptors (Lipinski definition) is 2. The molecule has 0 unspecified atom stereocenters. The maximum absolute atomic E-state index is 10.8. The number of aldehydes is 1. The Bertz CT molecular complexity index is 812. The molecule has 0 amide bonds. The van der Waals surface area contributed by atoms with Gasteiger partial charge in [0.2, 0.25) is 0 Å². The molecule has 0 fully saturated rings. The zero-order chi connectivity index (χ0) is 14.8. The van der Waals surface area contributed by atoms with Crippen LogP contribution >= 0.6 is 23.2 Å². The number of carbonyl (C=O) groups is 1. The largest absolute Gasteiger partial charge is 0.298 e. The van der Waals surface area contributed by atoms with Gasteiger partial charge in [0.05, 0.1) is 27.5 Å². The van der Waals surface area contributed by atoms with Crippen molar-refractivity contribution in [1.29, 1.82) is 0 Å². The Labute approximate surface area is 131 Å². The van der Waals surface area contributed by atoms with Crippen LogP contribution in [0.1, 0.15) is 10.4 Å². The number of benzene rings is 2. The molecule has 0 radical (unpaired) electrons. The highest BCUT2D eigenvalue weighted by Gasteiger charge is 2.09. The maximum Gasteiger partial charge on any atom is 0.153 e. The van der Waals surface area contributed by atoms with E-state index in [0.717, 1.165) is 23.1 Å². The van der Waals surface area contributed by atoms with Gasteiger partial charge in [-0.25, -0.2) is 4.68 Å². The first-order valence-electron chi connectivity index (χ1n) is 6.24. The summed E-state index contributed by atoms with van der Waals surface area (Å²) in [4.78, 5) is 10.8. The highest BCUT2D eigenvalue weighted by Crippen LogP contribution is 2.31. The molecule has 1 heterocycles. The Hall–Kier alpha value is -2.10. The molecule has 5 heteroatoms. The molecule has 0 aliphatic rings. The standard InChI is InChI=1S/C16H10Cl2N2O/c17-14-6-5-12(7-15(14)18)13-3-1-2-4-16(13)20-9-11(10-21)8-19-20/h1-10H. The van der Waals surface area contributed by atoms with Crippen molar-refractivity contribution in [3.63, 3.8) is 0 Å². The number of hydrogen-bond donors (Lipinski definition) is 0. The van der Waals surface area contributed by atoms with Gasteiger partial charge < -0.3 is 0 Å². The van der Waals surface area contributed by atoms with E-state index in [1.54, 1.807) is 16.9 Å². The van der Waals surface area contributed by atoms with E-state index in [0.29, 0.717) is 15.6 Å². The van der Waals surface area contributed by atoms with Gasteiger partial charge in [0.1, 0.15) is 0 Å². The van der Waals surface area contributed by atoms with Crippen LogP contribution in [0.3, 0.4) is 0 Å². The van der Waals surface area contributed by atoms with Crippen molar-refractivity contribution in [1.82, 2.24) is 9.78 Å². The van der Waals surface area contributed by atoms with E-state index >= 15 is 0 Å². The molecule has 3 nitrogen and oxygen atoms in total. The van der Waals surface area contributed by atoms with Crippen molar-refractivity contribution in [3.05, 3.63) is 70.5 Å². The van der Waals surface area contributed by atoms with Gasteiger partial charge in [-0.05, 0) is 23.8 Å². The van der Waals surface area contributed by atoms with Crippen LogP contribution in [-0.2, 0) is 0 Å². The van der Waals surface area contributed by atoms with Gasteiger partial charge in [0.15, 0.2) is 6.29 Å². The van der Waals surface area contributed by atoms with Gasteiger partial charge >= 0.3 is 0 Å². The number of nitrogens with zero attached hydrogens (tertiary/aromatic N) is 2. The third-order valence-corrected chi connectivity index (χ3v) is 3.86. The van der Waals surface area contributed by atoms with E-state index in [9.17, 15) is 4.79 Å². The van der Waals surface area contributed by atoms with Crippen molar-refractivity contribution in [2.24, 2.45) is 0 Å². The fourth-order valence-electron chi connectivity index (χ4n) is 2.11. The summed E-state index contributed by atoms with van der Waals surface area (Å²) in [5.41, 5.74) is 3.28. The van der Waals surface area contributed by atoms with Gasteiger partial charge in [0.25, 0.3) is 0 Å². The Morgan fingerprint density at radius 2 is 1.86 bits per heavy atom. The summed E-state index contributed by atoms with van der Waals surface area (Å²) < 4.78 is 1.67. The third kappa shape index (κ3) is 2.71. The fraction of sp³-hybridized carbons (Fsp3) is 0. The number of aromatic nitrogens is 2. The molecule has 0 N–H and O–H groups in total. The van der Waals surface area contributed by atoms with E-state index in [2.05, 4.69) is 5.10 Å². The number of rotatable bonds is 3. The maximum atomic E-state index is 10.8. The Morgan fingerprint density at radius 3 is 2.57 bits per heavy atom. The molecular weight excluding hydrogens is 307 g/mol. The zero-order valence-corrected chi connectivity index (χ0v) is 12.3. The minimum absolute atomic E-state index is 0.498. The highest BCUT2D eigenvalue weighted by atomic mass is 35.5. The first-order valence-corrected chi connectivity index (χ1v) is 6.99. The predicted octanol–water partition coefficient (Wildman–Crippen LogP) is 4.66. The van der Waals surface area contributed by atoms with E-state index in [4.69, 9.17) is 23.2 Å². The number of halogens is 2. The monoisotopic (exact) mass is 316 g/mol. The second kappa shape index (κ2) is 5.72. The van der Waals surface area contributed by atoms with Gasteiger partial charge in [-0.15, -0.1) is 0 Å². The average Bonchev–Trinajstić information content (AvgIpc) is 2.99. The summed E-state index contributed by atoms with van der Waals surface area (Å²) >= 11 is 12.0. The quantitative estimate of drug-likeness (QED) is 0.659. The molecule has 21 heavy (non-hydrogen) atoms. The summed E-state index contributed by atoms with van der Waals surface area (Å²) in [5.74, 6) is 0. The Kier molecular flexibility index (Phi) is 3.78. The normalized spacial score (nSPS) is 10.6. The van der Waals surface area contributed by atoms with Gasteiger partial charge in [-0.1, -0.05) is 47.5 Å². The lowest BCUT2D eigenvalue weighted by Gasteiger charge is -2.10. The van der Waals surface area contributed by atoms with Crippen LogP contribution in [0.25, 0.3) is 16.8 Å². The molecule has 3 rings (SSSR count). The Morgan fingerprint density at radius 1 is 1.05 bits per heavy atom. The lowest BCUT2D eigenvalue weighted by atomic mass is 10.0. The summed E-state index contributed by atoms with van der Waals surface area (Å²) in [6.07, 6.45) is 3.98. The van der Waals surface area contributed by atoms with Gasteiger partial charge in [-0.2, -0.15) is 5.10 Å². The van der Waals surface area contributed by atoms with Gasteiger partial charge in [-0.3, -0.25) is 4.79 Å². The molecule has 0 saturated carbocycles. The van der Waals surface area contributed by atoms with E-state index < -0.39 is 0 Å². The summed E-state index contributed by atoms with van der Waals surface area (Å²) in [5, 5.41) is 5.22. The van der Waals surface area contributed by atoms with Crippen molar-refractivity contribution in [2.75, 3.05) is 0 Å². The molecule has 1 aromatic heterocycles. The summed E-state index contributed by atoms with van der Waals surface area (Å²) in [6.45, 7) is 0. The van der Waals surface area contributed by atoms with Crippen molar-refractivity contribution < 1.29 is 4.79 Å². The van der Waals surface area contributed by atoms with Crippen LogP contribution in [0, 0.1) is 0 Å². The molecular formula is C16H10Cl2N2O. The molecule has 104 valence electrons. The minimum atomic E-state index is 0.498. The van der Waals surface area contributed by atoms with E-state index in [1.807, 2.05) is 36.4 Å². The molecule has 0 aliphatic heterocycles. The van der Waals surface area contributed by atoms with Crippen molar-refractivity contribution in [2.45, 2.75) is 0 Å². The summed E-state index contributed by atoms with van der Waals surface area (Å²) in [6, 6.07) is 13.2. The van der Waals surface area contributed by atoms with E-state index in [-0.39, 0.29) is 0 Å². The van der Waals surface area contributed by atoms with Crippen LogP contribution < -0.4 is 0 Å². The van der Waals surface area contributed by atoms with Crippen LogP contribution in [0.2, 0.25) is 10.0 Å². The topological polar surface area (TPSA) is 34.9 Å². The smallest absolute Gasteiger partial charge is 0.153 e. The van der Waals surface area contributed by atoms with Crippen molar-refractivity contribution in [3.8, 4) is 16.8 Å². The van der Waals surface area contributed by atoms with Crippen LogP contribution in [0.15, 0.2) is 54.9 Å². The summed E-state index contributed by atoms with van der Waals surface area (Å²) in [7, 11) is 0. The van der Waals surface area contributed by atoms with Crippen molar-refractivity contribution >= 4 is 29.5 Å².